The van der Waals surface area contributed by atoms with Gasteiger partial charge < -0.3 is 9.64 Å². The summed E-state index contributed by atoms with van der Waals surface area (Å²) in [4.78, 5) is 11.9. The summed E-state index contributed by atoms with van der Waals surface area (Å²) in [6.45, 7) is 7.85. The van der Waals surface area contributed by atoms with Crippen LogP contribution in [0.25, 0.3) is 0 Å². The fourth-order valence-corrected chi connectivity index (χ4v) is 6.33. The van der Waals surface area contributed by atoms with E-state index in [1.54, 1.807) is 13.2 Å². The number of pyridine rings is 1. The van der Waals surface area contributed by atoms with Gasteiger partial charge in [-0.3, -0.25) is 14.5 Å². The first-order valence-electron chi connectivity index (χ1n) is 12.4. The van der Waals surface area contributed by atoms with Gasteiger partial charge >= 0.3 is 0 Å². The van der Waals surface area contributed by atoms with E-state index < -0.39 is 10.0 Å². The number of benzene rings is 1. The van der Waals surface area contributed by atoms with E-state index in [0.29, 0.717) is 33.6 Å². The Balaban J connectivity index is 1.34. The van der Waals surface area contributed by atoms with Crippen molar-refractivity contribution in [3.8, 4) is 5.75 Å². The van der Waals surface area contributed by atoms with Crippen LogP contribution >= 0.6 is 23.2 Å². The van der Waals surface area contributed by atoms with E-state index in [0.717, 1.165) is 70.5 Å². The molecule has 1 atom stereocenters. The van der Waals surface area contributed by atoms with E-state index in [4.69, 9.17) is 27.9 Å². The van der Waals surface area contributed by atoms with E-state index in [-0.39, 0.29) is 0 Å². The van der Waals surface area contributed by atoms with E-state index in [2.05, 4.69) is 37.4 Å². The number of rotatable bonds is 8. The second kappa shape index (κ2) is 11.7. The maximum absolute atomic E-state index is 11.5. The Kier molecular flexibility index (Phi) is 8.88. The molecule has 1 unspecified atom stereocenters. The van der Waals surface area contributed by atoms with Crippen molar-refractivity contribution in [2.45, 2.75) is 44.8 Å². The van der Waals surface area contributed by atoms with Gasteiger partial charge in [-0.1, -0.05) is 36.2 Å². The van der Waals surface area contributed by atoms with Gasteiger partial charge in [0.2, 0.25) is 10.0 Å². The first-order chi connectivity index (χ1) is 17.2. The first kappa shape index (κ1) is 27.3. The Hall–Kier alpha value is -1.78. The summed E-state index contributed by atoms with van der Waals surface area (Å²) >= 11 is 12.6. The van der Waals surface area contributed by atoms with E-state index in [1.165, 1.54) is 11.8 Å². The summed E-state index contributed by atoms with van der Waals surface area (Å²) < 4.78 is 31.0. The smallest absolute Gasteiger partial charge is 0.229 e. The van der Waals surface area contributed by atoms with Gasteiger partial charge in [0.25, 0.3) is 0 Å². The minimum atomic E-state index is -3.38. The third-order valence-corrected chi connectivity index (χ3v) is 8.21. The SMILES string of the molecule is CCC1CN(c2ncc(NS(C)(=O)=O)cc2Cl)CCN1C1CCN(Cc2ccc(Cl)cc2OC)CC1. The summed E-state index contributed by atoms with van der Waals surface area (Å²) in [5.74, 6) is 1.56. The van der Waals surface area contributed by atoms with E-state index >= 15 is 0 Å². The minimum Gasteiger partial charge on any atom is -0.496 e. The zero-order chi connectivity index (χ0) is 25.9. The molecule has 2 saturated heterocycles. The maximum Gasteiger partial charge on any atom is 0.229 e. The summed E-state index contributed by atoms with van der Waals surface area (Å²) in [6, 6.07) is 8.47. The van der Waals surface area contributed by atoms with Crippen LogP contribution in [0.15, 0.2) is 30.5 Å². The number of methoxy groups -OCH3 is 1. The van der Waals surface area contributed by atoms with Crippen LogP contribution in [0.3, 0.4) is 0 Å². The third-order valence-electron chi connectivity index (χ3n) is 7.09. The van der Waals surface area contributed by atoms with E-state index in [1.807, 2.05) is 12.1 Å². The topological polar surface area (TPSA) is 78.0 Å². The molecular weight excluding hydrogens is 521 g/mol. The molecule has 1 N–H and O–H groups in total. The lowest BCUT2D eigenvalue weighted by Crippen LogP contribution is -2.58. The van der Waals surface area contributed by atoms with Crippen molar-refractivity contribution in [3.05, 3.63) is 46.1 Å². The average Bonchev–Trinajstić information content (AvgIpc) is 2.84. The summed E-state index contributed by atoms with van der Waals surface area (Å²) in [5, 5.41) is 1.15. The predicted octanol–water partition coefficient (Wildman–Crippen LogP) is 4.33. The molecule has 2 aliphatic heterocycles. The highest BCUT2D eigenvalue weighted by Gasteiger charge is 2.34. The van der Waals surface area contributed by atoms with Gasteiger partial charge in [-0.2, -0.15) is 0 Å². The summed E-state index contributed by atoms with van der Waals surface area (Å²) in [5.41, 5.74) is 1.54. The largest absolute Gasteiger partial charge is 0.496 e. The second-order valence-electron chi connectivity index (χ2n) is 9.61. The lowest BCUT2D eigenvalue weighted by atomic mass is 9.97. The molecule has 3 heterocycles. The van der Waals surface area contributed by atoms with Crippen molar-refractivity contribution in [2.75, 3.05) is 55.7 Å². The second-order valence-corrected chi connectivity index (χ2v) is 12.2. The molecule has 8 nitrogen and oxygen atoms in total. The highest BCUT2D eigenvalue weighted by atomic mass is 35.5. The number of aromatic nitrogens is 1. The molecule has 0 radical (unpaired) electrons. The first-order valence-corrected chi connectivity index (χ1v) is 15.0. The van der Waals surface area contributed by atoms with Crippen LogP contribution in [0, 0.1) is 0 Å². The van der Waals surface area contributed by atoms with E-state index in [9.17, 15) is 8.42 Å². The Morgan fingerprint density at radius 1 is 1.14 bits per heavy atom. The molecule has 0 aliphatic carbocycles. The molecule has 11 heteroatoms. The van der Waals surface area contributed by atoms with Crippen molar-refractivity contribution < 1.29 is 13.2 Å². The standard InChI is InChI=1S/C25H35Cl2N5O3S/c1-4-21-17-31(25-23(27)14-20(15-28-25)29-36(3,33)34)11-12-32(21)22-7-9-30(10-8-22)16-18-5-6-19(26)13-24(18)35-2/h5-6,13-15,21-22,29H,4,7-12,16-17H2,1-3H3. The molecule has 0 spiro atoms. The van der Waals surface area contributed by atoms with Crippen LogP contribution in [-0.4, -0.2) is 81.4 Å². The van der Waals surface area contributed by atoms with Gasteiger partial charge in [0, 0.05) is 48.8 Å². The van der Waals surface area contributed by atoms with Gasteiger partial charge in [-0.25, -0.2) is 13.4 Å². The zero-order valence-corrected chi connectivity index (χ0v) is 23.4. The Labute approximate surface area is 224 Å². The van der Waals surface area contributed by atoms with Crippen molar-refractivity contribution in [3.63, 3.8) is 0 Å². The fraction of sp³-hybridized carbons (Fsp3) is 0.560. The Morgan fingerprint density at radius 2 is 1.89 bits per heavy atom. The molecule has 0 saturated carbocycles. The number of hydrogen-bond acceptors (Lipinski definition) is 7. The lowest BCUT2D eigenvalue weighted by Gasteiger charge is -2.47. The Bertz CT molecular complexity index is 1160. The van der Waals surface area contributed by atoms with Crippen LogP contribution in [0.4, 0.5) is 11.5 Å². The van der Waals surface area contributed by atoms with Crippen molar-refractivity contribution in [2.24, 2.45) is 0 Å². The molecule has 2 aliphatic rings. The third kappa shape index (κ3) is 6.75. The monoisotopic (exact) mass is 555 g/mol. The molecule has 0 bridgehead atoms. The number of anilines is 2. The van der Waals surface area contributed by atoms with Gasteiger partial charge in [-0.05, 0) is 50.6 Å². The minimum absolute atomic E-state index is 0.375. The Morgan fingerprint density at radius 3 is 2.53 bits per heavy atom. The number of halogens is 2. The normalized spacial score (nSPS) is 20.5. The number of piperidine rings is 1. The van der Waals surface area contributed by atoms with Gasteiger partial charge in [0.1, 0.15) is 11.6 Å². The summed E-state index contributed by atoms with van der Waals surface area (Å²) in [7, 11) is -1.69. The molecule has 0 amide bonds. The number of piperazine rings is 1. The number of nitrogens with zero attached hydrogens (tertiary/aromatic N) is 4. The predicted molar refractivity (Wildman–Crippen MR) is 147 cm³/mol. The molecule has 198 valence electrons. The van der Waals surface area contributed by atoms with Crippen molar-refractivity contribution >= 4 is 44.7 Å². The molecule has 1 aromatic heterocycles. The molecule has 36 heavy (non-hydrogen) atoms. The highest BCUT2D eigenvalue weighted by Crippen LogP contribution is 2.31. The number of nitrogens with one attached hydrogen (secondary N) is 1. The van der Waals surface area contributed by atoms with Crippen molar-refractivity contribution in [1.82, 2.24) is 14.8 Å². The highest BCUT2D eigenvalue weighted by molar-refractivity contribution is 7.92. The maximum atomic E-state index is 11.5. The van der Waals surface area contributed by atoms with Crippen LogP contribution < -0.4 is 14.4 Å². The van der Waals surface area contributed by atoms with Gasteiger partial charge in [-0.15, -0.1) is 0 Å². The summed E-state index contributed by atoms with van der Waals surface area (Å²) in [6.07, 6.45) is 5.96. The van der Waals surface area contributed by atoms with Crippen LogP contribution in [-0.2, 0) is 16.6 Å². The average molecular weight is 557 g/mol. The molecule has 4 rings (SSSR count). The van der Waals surface area contributed by atoms with Crippen LogP contribution in [0.1, 0.15) is 31.7 Å². The molecule has 2 fully saturated rings. The lowest BCUT2D eigenvalue weighted by molar-refractivity contribution is 0.0608. The molecule has 2 aromatic rings. The molecular formula is C25H35Cl2N5O3S. The van der Waals surface area contributed by atoms with Gasteiger partial charge in [0.05, 0.1) is 30.3 Å². The zero-order valence-electron chi connectivity index (χ0n) is 21.1. The number of hydrogen-bond donors (Lipinski definition) is 1. The quantitative estimate of drug-likeness (QED) is 0.519. The van der Waals surface area contributed by atoms with Gasteiger partial charge in [0.15, 0.2) is 0 Å². The van der Waals surface area contributed by atoms with Crippen LogP contribution in [0.5, 0.6) is 5.75 Å². The number of sulfonamides is 1. The fourth-order valence-electron chi connectivity index (χ4n) is 5.34. The van der Waals surface area contributed by atoms with Crippen molar-refractivity contribution in [1.29, 1.82) is 0 Å². The number of likely N-dealkylation sites (tertiary alicyclic amines) is 1. The number of ether oxygens (including phenoxy) is 1. The molecule has 1 aromatic carbocycles. The van der Waals surface area contributed by atoms with Crippen LogP contribution in [0.2, 0.25) is 10.0 Å².